The van der Waals surface area contributed by atoms with E-state index in [1.807, 2.05) is 12.5 Å². The lowest BCUT2D eigenvalue weighted by Gasteiger charge is -2.12. The Morgan fingerprint density at radius 1 is 1.35 bits per heavy atom. The van der Waals surface area contributed by atoms with Gasteiger partial charge in [-0.3, -0.25) is 0 Å². The van der Waals surface area contributed by atoms with Gasteiger partial charge in [-0.2, -0.15) is 0 Å². The molecule has 3 rings (SSSR count). The quantitative estimate of drug-likeness (QED) is 0.847. The third-order valence-electron chi connectivity index (χ3n) is 4.23. The molecule has 2 unspecified atom stereocenters. The van der Waals surface area contributed by atoms with Crippen LogP contribution in [0.2, 0.25) is 0 Å². The first-order valence-electron chi connectivity index (χ1n) is 7.04. The van der Waals surface area contributed by atoms with Crippen molar-refractivity contribution in [1.82, 2.24) is 14.9 Å². The van der Waals surface area contributed by atoms with Crippen LogP contribution < -0.4 is 5.32 Å². The summed E-state index contributed by atoms with van der Waals surface area (Å²) in [6.45, 7) is 4.55. The predicted molar refractivity (Wildman–Crippen MR) is 68.7 cm³/mol. The second-order valence-electron chi connectivity index (χ2n) is 5.94. The molecule has 1 N–H and O–H groups in total. The van der Waals surface area contributed by atoms with E-state index < -0.39 is 0 Å². The third kappa shape index (κ3) is 2.71. The van der Waals surface area contributed by atoms with E-state index in [1.54, 1.807) is 0 Å². The minimum Gasteiger partial charge on any atom is -0.330 e. The van der Waals surface area contributed by atoms with Crippen molar-refractivity contribution >= 4 is 0 Å². The largest absolute Gasteiger partial charge is 0.330 e. The molecule has 1 aromatic rings. The highest BCUT2D eigenvalue weighted by Crippen LogP contribution is 2.35. The Kier molecular flexibility index (Phi) is 3.19. The minimum absolute atomic E-state index is 0.751. The smallest absolute Gasteiger partial charge is 0.0951 e. The normalized spacial score (nSPS) is 28.8. The van der Waals surface area contributed by atoms with Gasteiger partial charge in [0.15, 0.2) is 0 Å². The predicted octanol–water partition coefficient (Wildman–Crippen LogP) is 2.74. The average Bonchev–Trinajstić information content (AvgIpc) is 2.92. The van der Waals surface area contributed by atoms with Crippen LogP contribution in [-0.2, 0) is 6.54 Å². The number of aromatic nitrogens is 2. The van der Waals surface area contributed by atoms with E-state index in [0.29, 0.717) is 0 Å². The summed E-state index contributed by atoms with van der Waals surface area (Å²) < 4.78 is 2.35. The summed E-state index contributed by atoms with van der Waals surface area (Å²) in [7, 11) is 0. The van der Waals surface area contributed by atoms with Crippen molar-refractivity contribution in [3.05, 3.63) is 18.2 Å². The molecule has 0 amide bonds. The molecule has 0 aromatic carbocycles. The van der Waals surface area contributed by atoms with Gasteiger partial charge in [0.25, 0.3) is 0 Å². The summed E-state index contributed by atoms with van der Waals surface area (Å²) in [5, 5.41) is 3.61. The fourth-order valence-corrected chi connectivity index (χ4v) is 3.07. The number of nitrogens with zero attached hydrogens (tertiary/aromatic N) is 2. The van der Waals surface area contributed by atoms with Crippen LogP contribution in [0.5, 0.6) is 0 Å². The van der Waals surface area contributed by atoms with Gasteiger partial charge >= 0.3 is 0 Å². The van der Waals surface area contributed by atoms with Crippen LogP contribution in [0.3, 0.4) is 0 Å². The van der Waals surface area contributed by atoms with Crippen LogP contribution in [0, 0.1) is 11.8 Å². The second-order valence-corrected chi connectivity index (χ2v) is 5.94. The lowest BCUT2D eigenvalue weighted by atomic mass is 10.1. The van der Waals surface area contributed by atoms with Gasteiger partial charge in [0.1, 0.15) is 0 Å². The van der Waals surface area contributed by atoms with Crippen molar-refractivity contribution in [1.29, 1.82) is 0 Å². The summed E-state index contributed by atoms with van der Waals surface area (Å²) in [5.74, 6) is 1.85. The van der Waals surface area contributed by atoms with Crippen molar-refractivity contribution < 1.29 is 0 Å². The number of hydrogen-bond acceptors (Lipinski definition) is 2. The topological polar surface area (TPSA) is 29.9 Å². The van der Waals surface area contributed by atoms with Gasteiger partial charge in [0.05, 0.1) is 12.0 Å². The van der Waals surface area contributed by atoms with Gasteiger partial charge in [-0.1, -0.05) is 13.3 Å². The molecule has 0 saturated heterocycles. The van der Waals surface area contributed by atoms with E-state index in [1.165, 1.54) is 44.3 Å². The van der Waals surface area contributed by atoms with E-state index >= 15 is 0 Å². The molecule has 2 aliphatic rings. The maximum Gasteiger partial charge on any atom is 0.0951 e. The zero-order chi connectivity index (χ0) is 11.7. The molecule has 2 fully saturated rings. The minimum atomic E-state index is 0.751. The highest BCUT2D eigenvalue weighted by Gasteiger charge is 2.25. The van der Waals surface area contributed by atoms with Crippen molar-refractivity contribution in [3.63, 3.8) is 0 Å². The monoisotopic (exact) mass is 233 g/mol. The Morgan fingerprint density at radius 2 is 2.24 bits per heavy atom. The van der Waals surface area contributed by atoms with E-state index in [0.717, 1.165) is 24.4 Å². The standard InChI is InChI=1S/C14H23N3/c1-11-2-3-12(6-11)7-15-8-14-9-16-10-17(14)13-4-5-13/h9-13,15H,2-8H2,1H3. The Hall–Kier alpha value is -0.830. The van der Waals surface area contributed by atoms with E-state index in [-0.39, 0.29) is 0 Å². The maximum atomic E-state index is 4.27. The first-order valence-corrected chi connectivity index (χ1v) is 7.04. The number of imidazole rings is 1. The van der Waals surface area contributed by atoms with Crippen LogP contribution in [0.25, 0.3) is 0 Å². The molecule has 0 aliphatic heterocycles. The first-order chi connectivity index (χ1) is 8.33. The molecular formula is C14H23N3. The third-order valence-corrected chi connectivity index (χ3v) is 4.23. The molecule has 1 heterocycles. The van der Waals surface area contributed by atoms with Gasteiger partial charge in [-0.15, -0.1) is 0 Å². The van der Waals surface area contributed by atoms with Crippen molar-refractivity contribution in [2.24, 2.45) is 11.8 Å². The van der Waals surface area contributed by atoms with Crippen LogP contribution in [0.4, 0.5) is 0 Å². The van der Waals surface area contributed by atoms with E-state index in [4.69, 9.17) is 0 Å². The Morgan fingerprint density at radius 3 is 2.94 bits per heavy atom. The molecule has 0 radical (unpaired) electrons. The molecule has 3 nitrogen and oxygen atoms in total. The summed E-state index contributed by atoms with van der Waals surface area (Å²) >= 11 is 0. The number of rotatable bonds is 5. The first kappa shape index (κ1) is 11.3. The van der Waals surface area contributed by atoms with Crippen LogP contribution >= 0.6 is 0 Å². The van der Waals surface area contributed by atoms with E-state index in [2.05, 4.69) is 21.8 Å². The maximum absolute atomic E-state index is 4.27. The molecule has 0 bridgehead atoms. The molecule has 2 aliphatic carbocycles. The molecular weight excluding hydrogens is 210 g/mol. The SMILES string of the molecule is CC1CCC(CNCc2cncn2C2CC2)C1. The zero-order valence-corrected chi connectivity index (χ0v) is 10.7. The molecule has 3 heteroatoms. The Balaban J connectivity index is 1.45. The molecule has 2 atom stereocenters. The molecule has 94 valence electrons. The summed E-state index contributed by atoms with van der Waals surface area (Å²) in [4.78, 5) is 4.27. The van der Waals surface area contributed by atoms with Crippen molar-refractivity contribution in [2.75, 3.05) is 6.54 Å². The fraction of sp³-hybridized carbons (Fsp3) is 0.786. The molecule has 2 saturated carbocycles. The lowest BCUT2D eigenvalue weighted by Crippen LogP contribution is -2.22. The van der Waals surface area contributed by atoms with Crippen molar-refractivity contribution in [2.45, 2.75) is 51.6 Å². The van der Waals surface area contributed by atoms with Gasteiger partial charge in [0, 0.05) is 18.8 Å². The van der Waals surface area contributed by atoms with E-state index in [9.17, 15) is 0 Å². The Labute approximate surface area is 104 Å². The average molecular weight is 233 g/mol. The summed E-state index contributed by atoms with van der Waals surface area (Å²) in [6.07, 6.45) is 10.9. The van der Waals surface area contributed by atoms with Gasteiger partial charge < -0.3 is 9.88 Å². The van der Waals surface area contributed by atoms with Crippen LogP contribution in [-0.4, -0.2) is 16.1 Å². The van der Waals surface area contributed by atoms with Gasteiger partial charge in [-0.05, 0) is 44.1 Å². The fourth-order valence-electron chi connectivity index (χ4n) is 3.07. The number of hydrogen-bond donors (Lipinski definition) is 1. The zero-order valence-electron chi connectivity index (χ0n) is 10.7. The van der Waals surface area contributed by atoms with Crippen LogP contribution in [0.1, 0.15) is 50.8 Å². The summed E-state index contributed by atoms with van der Waals surface area (Å²) in [5.41, 5.74) is 1.36. The lowest BCUT2D eigenvalue weighted by molar-refractivity contribution is 0.465. The second kappa shape index (κ2) is 4.81. The Bertz CT molecular complexity index is 367. The van der Waals surface area contributed by atoms with Crippen molar-refractivity contribution in [3.8, 4) is 0 Å². The molecule has 17 heavy (non-hydrogen) atoms. The molecule has 0 spiro atoms. The summed E-state index contributed by atoms with van der Waals surface area (Å²) in [6, 6.07) is 0.751. The highest BCUT2D eigenvalue weighted by molar-refractivity contribution is 5.03. The highest BCUT2D eigenvalue weighted by atomic mass is 15.1. The van der Waals surface area contributed by atoms with Crippen LogP contribution in [0.15, 0.2) is 12.5 Å². The van der Waals surface area contributed by atoms with Gasteiger partial charge in [-0.25, -0.2) is 4.98 Å². The molecule has 1 aromatic heterocycles. The van der Waals surface area contributed by atoms with Gasteiger partial charge in [0.2, 0.25) is 0 Å². The number of nitrogens with one attached hydrogen (secondary N) is 1.